The second kappa shape index (κ2) is 3.13. The minimum Gasteiger partial charge on any atom is -0.481 e. The summed E-state index contributed by atoms with van der Waals surface area (Å²) < 4.78 is 2.23. The van der Waals surface area contributed by atoms with Crippen LogP contribution in [0.25, 0.3) is 11.0 Å². The van der Waals surface area contributed by atoms with Crippen LogP contribution in [0.1, 0.15) is 30.7 Å². The van der Waals surface area contributed by atoms with Gasteiger partial charge in [-0.05, 0) is 37.0 Å². The second-order valence-corrected chi connectivity index (χ2v) is 5.37. The fraction of sp³-hybridized carbons (Fsp3) is 0.429. The number of hydrogen-bond acceptors (Lipinski definition) is 2. The molecule has 1 aliphatic carbocycles. The molecule has 4 rings (SSSR count). The zero-order chi connectivity index (χ0) is 12.3. The van der Waals surface area contributed by atoms with E-state index in [4.69, 9.17) is 0 Å². The van der Waals surface area contributed by atoms with E-state index in [0.29, 0.717) is 0 Å². The number of carboxylic acids is 1. The number of carbonyl (C=O) groups is 1. The normalized spacial score (nSPS) is 20.0. The highest BCUT2D eigenvalue weighted by atomic mass is 16.4. The van der Waals surface area contributed by atoms with E-state index in [1.165, 1.54) is 0 Å². The molecule has 4 nitrogen and oxygen atoms in total. The molecule has 0 unspecified atom stereocenters. The number of nitrogens with zero attached hydrogens (tertiary/aromatic N) is 2. The van der Waals surface area contributed by atoms with Crippen molar-refractivity contribution in [1.29, 1.82) is 0 Å². The lowest BCUT2D eigenvalue weighted by atomic mass is 9.96. The van der Waals surface area contributed by atoms with Crippen LogP contribution in [-0.2, 0) is 23.2 Å². The molecular formula is C14H14N2O2. The Hall–Kier alpha value is -1.84. The number of aliphatic carboxylic acids is 1. The van der Waals surface area contributed by atoms with Crippen molar-refractivity contribution in [3.8, 4) is 0 Å². The molecule has 1 N–H and O–H groups in total. The van der Waals surface area contributed by atoms with Gasteiger partial charge in [-0.15, -0.1) is 0 Å². The van der Waals surface area contributed by atoms with E-state index in [-0.39, 0.29) is 0 Å². The number of carboxylic acid groups (broad SMARTS) is 1. The molecule has 2 aromatic rings. The molecule has 1 aromatic carbocycles. The first-order chi connectivity index (χ1) is 8.71. The smallest absolute Gasteiger partial charge is 0.314 e. The first kappa shape index (κ1) is 10.1. The van der Waals surface area contributed by atoms with Gasteiger partial charge in [-0.2, -0.15) is 0 Å². The fourth-order valence-corrected chi connectivity index (χ4v) is 3.06. The molecule has 92 valence electrons. The van der Waals surface area contributed by atoms with E-state index in [2.05, 4.69) is 9.55 Å². The summed E-state index contributed by atoms with van der Waals surface area (Å²) in [5.41, 5.74) is 2.43. The third-order valence-corrected chi connectivity index (χ3v) is 4.32. The third kappa shape index (κ3) is 1.15. The van der Waals surface area contributed by atoms with Gasteiger partial charge in [0, 0.05) is 13.0 Å². The van der Waals surface area contributed by atoms with Crippen LogP contribution in [0.4, 0.5) is 0 Å². The summed E-state index contributed by atoms with van der Waals surface area (Å²) >= 11 is 0. The molecule has 1 saturated carbocycles. The SMILES string of the molecule is O=C(O)C1(c2ccc3nc4n(c3c2)CCC4)CC1. The van der Waals surface area contributed by atoms with Crippen molar-refractivity contribution in [3.63, 3.8) is 0 Å². The van der Waals surface area contributed by atoms with E-state index in [0.717, 1.165) is 54.6 Å². The summed E-state index contributed by atoms with van der Waals surface area (Å²) in [4.78, 5) is 16.0. The van der Waals surface area contributed by atoms with Crippen LogP contribution in [0.2, 0.25) is 0 Å². The van der Waals surface area contributed by atoms with Crippen molar-refractivity contribution in [3.05, 3.63) is 29.6 Å². The largest absolute Gasteiger partial charge is 0.481 e. The molecule has 18 heavy (non-hydrogen) atoms. The van der Waals surface area contributed by atoms with E-state index in [9.17, 15) is 9.90 Å². The van der Waals surface area contributed by atoms with Gasteiger partial charge in [-0.3, -0.25) is 4.79 Å². The Morgan fingerprint density at radius 3 is 2.94 bits per heavy atom. The molecule has 0 radical (unpaired) electrons. The van der Waals surface area contributed by atoms with Gasteiger partial charge >= 0.3 is 5.97 Å². The van der Waals surface area contributed by atoms with Gasteiger partial charge in [0.05, 0.1) is 16.4 Å². The number of aryl methyl sites for hydroxylation is 2. The van der Waals surface area contributed by atoms with Crippen molar-refractivity contribution in [2.45, 2.75) is 37.6 Å². The van der Waals surface area contributed by atoms with Gasteiger partial charge in [0.25, 0.3) is 0 Å². The Morgan fingerprint density at radius 2 is 2.22 bits per heavy atom. The van der Waals surface area contributed by atoms with Gasteiger partial charge in [-0.1, -0.05) is 6.07 Å². The van der Waals surface area contributed by atoms with E-state index in [1.54, 1.807) is 0 Å². The average Bonchev–Trinajstić information content (AvgIpc) is 2.92. The Morgan fingerprint density at radius 1 is 1.39 bits per heavy atom. The minimum absolute atomic E-state index is 0.614. The number of aromatic nitrogens is 2. The number of imidazole rings is 1. The number of benzene rings is 1. The molecule has 2 heterocycles. The third-order valence-electron chi connectivity index (χ3n) is 4.32. The molecule has 0 bridgehead atoms. The molecule has 4 heteroatoms. The minimum atomic E-state index is -0.692. The Balaban J connectivity index is 1.92. The second-order valence-electron chi connectivity index (χ2n) is 5.37. The molecular weight excluding hydrogens is 228 g/mol. The zero-order valence-corrected chi connectivity index (χ0v) is 10.0. The van der Waals surface area contributed by atoms with Crippen LogP contribution < -0.4 is 0 Å². The van der Waals surface area contributed by atoms with E-state index < -0.39 is 11.4 Å². The highest BCUT2D eigenvalue weighted by Gasteiger charge is 2.51. The Labute approximate surface area is 104 Å². The summed E-state index contributed by atoms with van der Waals surface area (Å²) in [6, 6.07) is 5.95. The molecule has 2 aliphatic rings. The maximum absolute atomic E-state index is 11.4. The van der Waals surface area contributed by atoms with Gasteiger partial charge < -0.3 is 9.67 Å². The highest BCUT2D eigenvalue weighted by molar-refractivity contribution is 5.87. The van der Waals surface area contributed by atoms with Crippen molar-refractivity contribution in [2.75, 3.05) is 0 Å². The predicted molar refractivity (Wildman–Crippen MR) is 66.6 cm³/mol. The molecule has 1 aliphatic heterocycles. The maximum Gasteiger partial charge on any atom is 0.314 e. The maximum atomic E-state index is 11.4. The molecule has 0 atom stereocenters. The molecule has 1 aromatic heterocycles. The highest BCUT2D eigenvalue weighted by Crippen LogP contribution is 2.49. The standard InChI is InChI=1S/C14H14N2O2/c17-13(18)14(5-6-14)9-3-4-10-11(8-9)16-7-1-2-12(16)15-10/h3-4,8H,1-2,5-7H2,(H,17,18). The van der Waals surface area contributed by atoms with E-state index in [1.807, 2.05) is 18.2 Å². The van der Waals surface area contributed by atoms with Crippen LogP contribution in [-0.4, -0.2) is 20.6 Å². The van der Waals surface area contributed by atoms with Gasteiger partial charge in [0.1, 0.15) is 5.82 Å². The quantitative estimate of drug-likeness (QED) is 0.877. The topological polar surface area (TPSA) is 55.1 Å². The summed E-state index contributed by atoms with van der Waals surface area (Å²) in [6.07, 6.45) is 3.70. The van der Waals surface area contributed by atoms with Crippen molar-refractivity contribution in [1.82, 2.24) is 9.55 Å². The Bertz CT molecular complexity index is 668. The monoisotopic (exact) mass is 242 g/mol. The number of fused-ring (bicyclic) bond motifs is 3. The summed E-state index contributed by atoms with van der Waals surface area (Å²) in [5, 5.41) is 9.35. The van der Waals surface area contributed by atoms with E-state index >= 15 is 0 Å². The van der Waals surface area contributed by atoms with Gasteiger partial charge in [0.2, 0.25) is 0 Å². The first-order valence-electron chi connectivity index (χ1n) is 6.44. The van der Waals surface area contributed by atoms with Crippen molar-refractivity contribution >= 4 is 17.0 Å². The summed E-state index contributed by atoms with van der Waals surface area (Å²) in [6.45, 7) is 1.01. The lowest BCUT2D eigenvalue weighted by Gasteiger charge is -2.10. The lowest BCUT2D eigenvalue weighted by molar-refractivity contribution is -0.140. The molecule has 0 amide bonds. The molecule has 1 fully saturated rings. The van der Waals surface area contributed by atoms with Crippen molar-refractivity contribution in [2.24, 2.45) is 0 Å². The average molecular weight is 242 g/mol. The van der Waals surface area contributed by atoms with Crippen molar-refractivity contribution < 1.29 is 9.90 Å². The van der Waals surface area contributed by atoms with Crippen LogP contribution in [0.3, 0.4) is 0 Å². The van der Waals surface area contributed by atoms with Gasteiger partial charge in [0.15, 0.2) is 0 Å². The summed E-state index contributed by atoms with van der Waals surface area (Å²) in [7, 11) is 0. The fourth-order valence-electron chi connectivity index (χ4n) is 3.06. The zero-order valence-electron chi connectivity index (χ0n) is 10.0. The van der Waals surface area contributed by atoms with Crippen LogP contribution in [0.5, 0.6) is 0 Å². The van der Waals surface area contributed by atoms with Crippen LogP contribution >= 0.6 is 0 Å². The molecule has 0 saturated heterocycles. The van der Waals surface area contributed by atoms with Gasteiger partial charge in [-0.25, -0.2) is 4.98 Å². The molecule has 0 spiro atoms. The number of hydrogen-bond donors (Lipinski definition) is 1. The Kier molecular flexibility index (Phi) is 1.76. The van der Waals surface area contributed by atoms with Crippen LogP contribution in [0.15, 0.2) is 18.2 Å². The lowest BCUT2D eigenvalue weighted by Crippen LogP contribution is -2.19. The summed E-state index contributed by atoms with van der Waals surface area (Å²) in [5.74, 6) is 0.449. The first-order valence-corrected chi connectivity index (χ1v) is 6.44. The predicted octanol–water partition coefficient (Wildman–Crippen LogP) is 2.10. The number of rotatable bonds is 2. The van der Waals surface area contributed by atoms with Crippen LogP contribution in [0, 0.1) is 0 Å².